The summed E-state index contributed by atoms with van der Waals surface area (Å²) in [5.74, 6) is 7.13. The highest BCUT2D eigenvalue weighted by Gasteiger charge is 2.12. The second-order valence-electron chi connectivity index (χ2n) is 5.05. The first-order valence-electron chi connectivity index (χ1n) is 7.12. The molecule has 0 spiro atoms. The van der Waals surface area contributed by atoms with Crippen molar-refractivity contribution in [1.29, 1.82) is 0 Å². The van der Waals surface area contributed by atoms with Crippen LogP contribution in [0, 0.1) is 0 Å². The van der Waals surface area contributed by atoms with Crippen LogP contribution in [0.4, 0.5) is 5.95 Å². The molecule has 0 aliphatic heterocycles. The molecule has 3 rings (SSSR count). The molecule has 6 nitrogen and oxygen atoms in total. The van der Waals surface area contributed by atoms with E-state index in [2.05, 4.69) is 20.7 Å². The maximum atomic E-state index is 6.14. The Morgan fingerprint density at radius 3 is 2.82 bits per heavy atom. The van der Waals surface area contributed by atoms with Gasteiger partial charge in [-0.2, -0.15) is 5.10 Å². The predicted molar refractivity (Wildman–Crippen MR) is 90.7 cm³/mol. The van der Waals surface area contributed by atoms with Crippen molar-refractivity contribution in [2.45, 2.75) is 36.6 Å². The fraction of sp³-hybridized carbons (Fsp3) is 0.357. The summed E-state index contributed by atoms with van der Waals surface area (Å²) >= 11 is 7.63. The minimum atomic E-state index is 0.445. The Bertz CT molecular complexity index is 676. The summed E-state index contributed by atoms with van der Waals surface area (Å²) in [5.41, 5.74) is 5.10. The Morgan fingerprint density at radius 1 is 1.27 bits per heavy atom. The topological polar surface area (TPSA) is 81.1 Å². The van der Waals surface area contributed by atoms with Gasteiger partial charge in [-0.3, -0.25) is 0 Å². The van der Waals surface area contributed by atoms with Crippen LogP contribution in [-0.4, -0.2) is 20.6 Å². The summed E-state index contributed by atoms with van der Waals surface area (Å²) < 4.78 is 1.42. The lowest BCUT2D eigenvalue weighted by Gasteiger charge is -2.04. The van der Waals surface area contributed by atoms with Crippen LogP contribution >= 0.6 is 23.4 Å². The molecule has 0 saturated heterocycles. The number of thioether (sulfide) groups is 1. The smallest absolute Gasteiger partial charge is 0.264 e. The van der Waals surface area contributed by atoms with Crippen LogP contribution in [0.3, 0.4) is 0 Å². The first kappa shape index (κ1) is 15.2. The number of hydrazone groups is 1. The zero-order valence-corrected chi connectivity index (χ0v) is 13.6. The standard InChI is InChI=1S/C14H17ClN6S/c15-12-8-4-1-5-10(12)9-22-14-20-19-13(21(14)16)18-17-11-6-2-3-7-11/h1,4-5,8H,2-3,6-7,9,16H2,(H,18,19). The average molecular weight is 337 g/mol. The number of nitrogens with zero attached hydrogens (tertiary/aromatic N) is 4. The van der Waals surface area contributed by atoms with Gasteiger partial charge in [0.15, 0.2) is 0 Å². The van der Waals surface area contributed by atoms with E-state index in [4.69, 9.17) is 17.4 Å². The van der Waals surface area contributed by atoms with Crippen LogP contribution in [0.2, 0.25) is 5.02 Å². The first-order chi connectivity index (χ1) is 10.7. The van der Waals surface area contributed by atoms with E-state index in [9.17, 15) is 0 Å². The van der Waals surface area contributed by atoms with Crippen molar-refractivity contribution in [2.75, 3.05) is 11.3 Å². The SMILES string of the molecule is Nn1c(NN=C2CCCC2)nnc1SCc1ccccc1Cl. The number of nitrogens with two attached hydrogens (primary N) is 1. The lowest BCUT2D eigenvalue weighted by molar-refractivity contribution is 0.846. The summed E-state index contributed by atoms with van der Waals surface area (Å²) in [4.78, 5) is 0. The van der Waals surface area contributed by atoms with Gasteiger partial charge in [0.05, 0.1) is 0 Å². The molecule has 8 heteroatoms. The van der Waals surface area contributed by atoms with Gasteiger partial charge in [0.25, 0.3) is 5.95 Å². The molecule has 0 unspecified atom stereocenters. The molecule has 1 heterocycles. The molecule has 22 heavy (non-hydrogen) atoms. The van der Waals surface area contributed by atoms with E-state index in [1.165, 1.54) is 29.3 Å². The van der Waals surface area contributed by atoms with Gasteiger partial charge in [0.1, 0.15) is 0 Å². The normalized spacial score (nSPS) is 14.3. The number of nitrogens with one attached hydrogen (secondary N) is 1. The molecule has 0 bridgehead atoms. The summed E-state index contributed by atoms with van der Waals surface area (Å²) in [6.45, 7) is 0. The Hall–Kier alpha value is -1.73. The number of rotatable bonds is 5. The fourth-order valence-corrected chi connectivity index (χ4v) is 3.38. The molecular weight excluding hydrogens is 320 g/mol. The van der Waals surface area contributed by atoms with E-state index in [1.807, 2.05) is 24.3 Å². The molecule has 1 aliphatic carbocycles. The van der Waals surface area contributed by atoms with E-state index in [0.29, 0.717) is 16.9 Å². The largest absolute Gasteiger partial charge is 0.334 e. The summed E-state index contributed by atoms with van der Waals surface area (Å²) in [5, 5.41) is 13.8. The van der Waals surface area contributed by atoms with Gasteiger partial charge in [-0.25, -0.2) is 10.1 Å². The van der Waals surface area contributed by atoms with Gasteiger partial charge in [0.2, 0.25) is 5.16 Å². The second-order valence-corrected chi connectivity index (χ2v) is 6.40. The van der Waals surface area contributed by atoms with Gasteiger partial charge < -0.3 is 5.84 Å². The summed E-state index contributed by atoms with van der Waals surface area (Å²) in [6.07, 6.45) is 4.49. The number of anilines is 1. The third-order valence-electron chi connectivity index (χ3n) is 3.47. The second kappa shape index (κ2) is 7.02. The third-order valence-corrected chi connectivity index (χ3v) is 4.83. The lowest BCUT2D eigenvalue weighted by atomic mass is 10.2. The minimum absolute atomic E-state index is 0.445. The summed E-state index contributed by atoms with van der Waals surface area (Å²) in [7, 11) is 0. The zero-order chi connectivity index (χ0) is 15.4. The molecular formula is C14H17ClN6S. The van der Waals surface area contributed by atoms with Crippen LogP contribution in [0.5, 0.6) is 0 Å². The molecule has 1 aliphatic rings. The molecule has 2 aromatic rings. The number of halogens is 1. The minimum Gasteiger partial charge on any atom is -0.334 e. The third kappa shape index (κ3) is 3.53. The van der Waals surface area contributed by atoms with E-state index >= 15 is 0 Å². The molecule has 0 radical (unpaired) electrons. The maximum Gasteiger partial charge on any atom is 0.264 e. The molecule has 1 aromatic heterocycles. The van der Waals surface area contributed by atoms with Gasteiger partial charge in [-0.05, 0) is 37.3 Å². The summed E-state index contributed by atoms with van der Waals surface area (Å²) in [6, 6.07) is 7.72. The number of aromatic nitrogens is 3. The molecule has 0 atom stereocenters. The Kier molecular flexibility index (Phi) is 4.84. The van der Waals surface area contributed by atoms with Crippen molar-refractivity contribution in [3.05, 3.63) is 34.9 Å². The van der Waals surface area contributed by atoms with Gasteiger partial charge in [0, 0.05) is 16.5 Å². The number of benzene rings is 1. The number of hydrogen-bond acceptors (Lipinski definition) is 6. The van der Waals surface area contributed by atoms with Crippen LogP contribution in [0.25, 0.3) is 0 Å². The monoisotopic (exact) mass is 336 g/mol. The first-order valence-corrected chi connectivity index (χ1v) is 8.48. The van der Waals surface area contributed by atoms with E-state index in [1.54, 1.807) is 0 Å². The van der Waals surface area contributed by atoms with Crippen molar-refractivity contribution in [2.24, 2.45) is 5.10 Å². The van der Waals surface area contributed by atoms with Gasteiger partial charge in [-0.1, -0.05) is 41.6 Å². The van der Waals surface area contributed by atoms with Crippen molar-refractivity contribution in [3.8, 4) is 0 Å². The van der Waals surface area contributed by atoms with Crippen molar-refractivity contribution in [1.82, 2.24) is 14.9 Å². The highest BCUT2D eigenvalue weighted by atomic mass is 35.5. The highest BCUT2D eigenvalue weighted by Crippen LogP contribution is 2.25. The van der Waals surface area contributed by atoms with Crippen molar-refractivity contribution >= 4 is 35.0 Å². The van der Waals surface area contributed by atoms with E-state index in [0.717, 1.165) is 29.1 Å². The highest BCUT2D eigenvalue weighted by molar-refractivity contribution is 7.98. The molecule has 1 fully saturated rings. The number of nitrogen functional groups attached to an aromatic ring is 1. The predicted octanol–water partition coefficient (Wildman–Crippen LogP) is 3.28. The zero-order valence-electron chi connectivity index (χ0n) is 12.0. The molecule has 3 N–H and O–H groups in total. The molecule has 1 aromatic carbocycles. The van der Waals surface area contributed by atoms with E-state index < -0.39 is 0 Å². The lowest BCUT2D eigenvalue weighted by Crippen LogP contribution is -2.13. The Balaban J connectivity index is 1.63. The quantitative estimate of drug-likeness (QED) is 0.497. The van der Waals surface area contributed by atoms with Gasteiger partial charge in [-0.15, -0.1) is 10.2 Å². The molecule has 1 saturated carbocycles. The Morgan fingerprint density at radius 2 is 2.05 bits per heavy atom. The molecule has 116 valence electrons. The fourth-order valence-electron chi connectivity index (χ4n) is 2.23. The van der Waals surface area contributed by atoms with Crippen LogP contribution < -0.4 is 11.3 Å². The van der Waals surface area contributed by atoms with Crippen LogP contribution in [0.15, 0.2) is 34.5 Å². The number of hydrogen-bond donors (Lipinski definition) is 2. The van der Waals surface area contributed by atoms with Crippen LogP contribution in [-0.2, 0) is 5.75 Å². The maximum absolute atomic E-state index is 6.14. The van der Waals surface area contributed by atoms with Gasteiger partial charge >= 0.3 is 0 Å². The van der Waals surface area contributed by atoms with Crippen molar-refractivity contribution < 1.29 is 0 Å². The average Bonchev–Trinajstić information content (AvgIpc) is 3.15. The van der Waals surface area contributed by atoms with Crippen molar-refractivity contribution in [3.63, 3.8) is 0 Å². The molecule has 0 amide bonds. The van der Waals surface area contributed by atoms with Crippen LogP contribution in [0.1, 0.15) is 31.2 Å². The Labute approximate surface area is 138 Å². The van der Waals surface area contributed by atoms with E-state index in [-0.39, 0.29) is 0 Å².